The minimum absolute atomic E-state index is 0.0518. The maximum Gasteiger partial charge on any atom is 0.260 e. The first-order valence-electron chi connectivity index (χ1n) is 6.44. The zero-order chi connectivity index (χ0) is 15.4. The summed E-state index contributed by atoms with van der Waals surface area (Å²) in [6.07, 6.45) is 5.50. The molecule has 2 rings (SSSR count). The zero-order valence-electron chi connectivity index (χ0n) is 11.7. The van der Waals surface area contributed by atoms with E-state index in [4.69, 9.17) is 5.41 Å². The summed E-state index contributed by atoms with van der Waals surface area (Å²) >= 11 is 0. The van der Waals surface area contributed by atoms with Crippen LogP contribution in [-0.2, 0) is 0 Å². The van der Waals surface area contributed by atoms with E-state index < -0.39 is 11.7 Å². The number of nitrogens with zero attached hydrogens (tertiary/aromatic N) is 2. The predicted molar refractivity (Wildman–Crippen MR) is 76.8 cm³/mol. The highest BCUT2D eigenvalue weighted by Crippen LogP contribution is 2.20. The molecule has 0 aliphatic carbocycles. The number of hydrogen-bond donors (Lipinski definition) is 2. The van der Waals surface area contributed by atoms with Gasteiger partial charge in [-0.3, -0.25) is 20.2 Å². The summed E-state index contributed by atoms with van der Waals surface area (Å²) in [6, 6.07) is 3.18. The molecular formula is C15H15FN4O. The first kappa shape index (κ1) is 14.8. The SMILES string of the molecule is CC(C)c1cncc(F)c1C(=O)NC(=N)c1ccncc1. The van der Waals surface area contributed by atoms with Gasteiger partial charge in [0.05, 0.1) is 11.8 Å². The summed E-state index contributed by atoms with van der Waals surface area (Å²) in [5.41, 5.74) is 0.938. The molecule has 108 valence electrons. The van der Waals surface area contributed by atoms with E-state index in [9.17, 15) is 9.18 Å². The monoisotopic (exact) mass is 286 g/mol. The van der Waals surface area contributed by atoms with Crippen LogP contribution in [0.1, 0.15) is 41.3 Å². The summed E-state index contributed by atoms with van der Waals surface area (Å²) in [6.45, 7) is 3.70. The summed E-state index contributed by atoms with van der Waals surface area (Å²) < 4.78 is 13.9. The lowest BCUT2D eigenvalue weighted by molar-refractivity contribution is 0.0971. The highest BCUT2D eigenvalue weighted by atomic mass is 19.1. The molecule has 0 radical (unpaired) electrons. The highest BCUT2D eigenvalue weighted by molar-refractivity contribution is 6.11. The minimum Gasteiger partial charge on any atom is -0.306 e. The zero-order valence-corrected chi connectivity index (χ0v) is 11.7. The fraction of sp³-hybridized carbons (Fsp3) is 0.200. The number of pyridine rings is 2. The first-order valence-corrected chi connectivity index (χ1v) is 6.44. The van der Waals surface area contributed by atoms with Crippen LogP contribution >= 0.6 is 0 Å². The normalized spacial score (nSPS) is 10.5. The molecular weight excluding hydrogens is 271 g/mol. The molecule has 0 aliphatic rings. The smallest absolute Gasteiger partial charge is 0.260 e. The second-order valence-corrected chi connectivity index (χ2v) is 4.81. The summed E-state index contributed by atoms with van der Waals surface area (Å²) in [5, 5.41) is 10.3. The van der Waals surface area contributed by atoms with Gasteiger partial charge in [-0.1, -0.05) is 13.8 Å². The van der Waals surface area contributed by atoms with Gasteiger partial charge < -0.3 is 5.32 Å². The fourth-order valence-electron chi connectivity index (χ4n) is 1.89. The molecule has 0 aromatic carbocycles. The first-order chi connectivity index (χ1) is 10.0. The number of carbonyl (C=O) groups excluding carboxylic acids is 1. The van der Waals surface area contributed by atoms with E-state index in [0.29, 0.717) is 11.1 Å². The number of carbonyl (C=O) groups is 1. The Morgan fingerprint density at radius 1 is 1.24 bits per heavy atom. The molecule has 0 fully saturated rings. The molecule has 2 N–H and O–H groups in total. The molecule has 0 saturated heterocycles. The fourth-order valence-corrected chi connectivity index (χ4v) is 1.89. The van der Waals surface area contributed by atoms with E-state index >= 15 is 0 Å². The average Bonchev–Trinajstić information content (AvgIpc) is 2.47. The number of amidine groups is 1. The Bertz CT molecular complexity index is 671. The van der Waals surface area contributed by atoms with E-state index in [1.807, 2.05) is 13.8 Å². The molecule has 0 unspecified atom stereocenters. The van der Waals surface area contributed by atoms with Crippen LogP contribution in [0.2, 0.25) is 0 Å². The Morgan fingerprint density at radius 2 is 1.90 bits per heavy atom. The Balaban J connectivity index is 2.27. The third-order valence-electron chi connectivity index (χ3n) is 2.99. The molecule has 0 bridgehead atoms. The maximum absolute atomic E-state index is 13.9. The van der Waals surface area contributed by atoms with Gasteiger partial charge in [0.25, 0.3) is 5.91 Å². The molecule has 21 heavy (non-hydrogen) atoms. The summed E-state index contributed by atoms with van der Waals surface area (Å²) in [5.74, 6) is -1.50. The van der Waals surface area contributed by atoms with Crippen LogP contribution in [-0.4, -0.2) is 21.7 Å². The Hall–Kier alpha value is -2.63. The van der Waals surface area contributed by atoms with E-state index in [1.54, 1.807) is 12.1 Å². The van der Waals surface area contributed by atoms with Crippen LogP contribution in [0.25, 0.3) is 0 Å². The number of aromatic nitrogens is 2. The standard InChI is InChI=1S/C15H15FN4O/c1-9(2)11-7-19-8-12(16)13(11)15(21)20-14(17)10-3-5-18-6-4-10/h3-9H,1-2H3,(H2,17,20,21). The van der Waals surface area contributed by atoms with Crippen molar-refractivity contribution >= 4 is 11.7 Å². The van der Waals surface area contributed by atoms with Gasteiger partial charge in [0.1, 0.15) is 5.84 Å². The van der Waals surface area contributed by atoms with Crippen molar-refractivity contribution in [3.63, 3.8) is 0 Å². The average molecular weight is 286 g/mol. The van der Waals surface area contributed by atoms with Crippen molar-refractivity contribution in [2.24, 2.45) is 0 Å². The lowest BCUT2D eigenvalue weighted by atomic mass is 9.98. The molecule has 0 atom stereocenters. The van der Waals surface area contributed by atoms with Crippen molar-refractivity contribution in [1.82, 2.24) is 15.3 Å². The van der Waals surface area contributed by atoms with Gasteiger partial charge in [-0.25, -0.2) is 4.39 Å². The molecule has 2 aromatic rings. The van der Waals surface area contributed by atoms with Crippen LogP contribution in [0, 0.1) is 11.2 Å². The van der Waals surface area contributed by atoms with Gasteiger partial charge in [-0.05, 0) is 23.6 Å². The van der Waals surface area contributed by atoms with Crippen molar-refractivity contribution in [1.29, 1.82) is 5.41 Å². The van der Waals surface area contributed by atoms with Crippen molar-refractivity contribution < 1.29 is 9.18 Å². The van der Waals surface area contributed by atoms with E-state index in [2.05, 4.69) is 15.3 Å². The quantitative estimate of drug-likeness (QED) is 0.672. The topological polar surface area (TPSA) is 78.7 Å². The number of nitrogens with one attached hydrogen (secondary N) is 2. The van der Waals surface area contributed by atoms with Gasteiger partial charge >= 0.3 is 0 Å². The van der Waals surface area contributed by atoms with Gasteiger partial charge in [0.15, 0.2) is 5.82 Å². The van der Waals surface area contributed by atoms with Gasteiger partial charge in [0.2, 0.25) is 0 Å². The van der Waals surface area contributed by atoms with Gasteiger partial charge in [-0.15, -0.1) is 0 Å². The van der Waals surface area contributed by atoms with Crippen molar-refractivity contribution in [2.75, 3.05) is 0 Å². The highest BCUT2D eigenvalue weighted by Gasteiger charge is 2.20. The van der Waals surface area contributed by atoms with Crippen LogP contribution in [0.3, 0.4) is 0 Å². The molecule has 2 aromatic heterocycles. The Morgan fingerprint density at radius 3 is 2.52 bits per heavy atom. The minimum atomic E-state index is -0.693. The van der Waals surface area contributed by atoms with E-state index in [-0.39, 0.29) is 17.3 Å². The van der Waals surface area contributed by atoms with Crippen LogP contribution in [0.5, 0.6) is 0 Å². The second kappa shape index (κ2) is 6.21. The second-order valence-electron chi connectivity index (χ2n) is 4.81. The van der Waals surface area contributed by atoms with Gasteiger partial charge in [0, 0.05) is 24.2 Å². The number of halogens is 1. The summed E-state index contributed by atoms with van der Waals surface area (Å²) in [4.78, 5) is 19.8. The largest absolute Gasteiger partial charge is 0.306 e. The Labute approximate surface area is 121 Å². The van der Waals surface area contributed by atoms with Gasteiger partial charge in [-0.2, -0.15) is 0 Å². The number of amides is 1. The van der Waals surface area contributed by atoms with E-state index in [0.717, 1.165) is 6.20 Å². The van der Waals surface area contributed by atoms with Crippen molar-refractivity contribution in [2.45, 2.75) is 19.8 Å². The molecule has 0 aliphatic heterocycles. The van der Waals surface area contributed by atoms with Crippen LogP contribution < -0.4 is 5.32 Å². The maximum atomic E-state index is 13.9. The predicted octanol–water partition coefficient (Wildman–Crippen LogP) is 2.49. The van der Waals surface area contributed by atoms with E-state index in [1.165, 1.54) is 18.6 Å². The Kier molecular flexibility index (Phi) is 4.37. The summed E-state index contributed by atoms with van der Waals surface area (Å²) in [7, 11) is 0. The number of hydrogen-bond acceptors (Lipinski definition) is 4. The third kappa shape index (κ3) is 3.28. The van der Waals surface area contributed by atoms with Crippen molar-refractivity contribution in [3.05, 3.63) is 59.4 Å². The molecule has 6 heteroatoms. The van der Waals surface area contributed by atoms with Crippen LogP contribution in [0.15, 0.2) is 36.9 Å². The molecule has 0 saturated carbocycles. The lowest BCUT2D eigenvalue weighted by Gasteiger charge is -2.13. The van der Waals surface area contributed by atoms with Crippen LogP contribution in [0.4, 0.5) is 4.39 Å². The lowest BCUT2D eigenvalue weighted by Crippen LogP contribution is -2.32. The van der Waals surface area contributed by atoms with Crippen molar-refractivity contribution in [3.8, 4) is 0 Å². The molecule has 2 heterocycles. The number of rotatable bonds is 3. The third-order valence-corrected chi connectivity index (χ3v) is 2.99. The molecule has 5 nitrogen and oxygen atoms in total. The molecule has 1 amide bonds. The molecule has 0 spiro atoms.